The largest absolute Gasteiger partial charge is 0.445 e. The molecule has 4 heteroatoms. The number of aliphatic hydroxyl groups is 1. The van der Waals surface area contributed by atoms with Crippen LogP contribution in [0.25, 0.3) is 0 Å². The summed E-state index contributed by atoms with van der Waals surface area (Å²) >= 11 is 0. The van der Waals surface area contributed by atoms with E-state index in [0.29, 0.717) is 42.9 Å². The zero-order chi connectivity index (χ0) is 18.7. The van der Waals surface area contributed by atoms with Crippen molar-refractivity contribution in [3.63, 3.8) is 0 Å². The average molecular weight is 356 g/mol. The van der Waals surface area contributed by atoms with Crippen LogP contribution in [0.5, 0.6) is 0 Å². The number of fused-ring (bicyclic) bond motifs is 5. The summed E-state index contributed by atoms with van der Waals surface area (Å²) < 4.78 is 5.75. The number of terminal acetylenes is 1. The summed E-state index contributed by atoms with van der Waals surface area (Å²) in [5, 5.41) is 10.8. The van der Waals surface area contributed by atoms with Crippen LogP contribution in [-0.4, -0.2) is 28.6 Å². The second-order valence-corrected chi connectivity index (χ2v) is 9.00. The molecule has 26 heavy (non-hydrogen) atoms. The summed E-state index contributed by atoms with van der Waals surface area (Å²) in [4.78, 5) is 23.6. The fraction of sp³-hybridized carbons (Fsp3) is 0.727. The average Bonchev–Trinajstić information content (AvgIpc) is 2.88. The van der Waals surface area contributed by atoms with E-state index in [-0.39, 0.29) is 17.2 Å². The summed E-state index contributed by atoms with van der Waals surface area (Å²) in [5.41, 5.74) is -0.0924. The van der Waals surface area contributed by atoms with Crippen molar-refractivity contribution in [2.45, 2.75) is 70.5 Å². The molecule has 4 rings (SSSR count). The van der Waals surface area contributed by atoms with Crippen molar-refractivity contribution in [2.75, 3.05) is 0 Å². The Kier molecular flexibility index (Phi) is 4.08. The maximum Gasteiger partial charge on any atom is 0.304 e. The van der Waals surface area contributed by atoms with Gasteiger partial charge in [0.25, 0.3) is 0 Å². The van der Waals surface area contributed by atoms with Gasteiger partial charge in [0.15, 0.2) is 11.4 Å². The fourth-order valence-corrected chi connectivity index (χ4v) is 6.86. The SMILES string of the molecule is C#C[C@]1(OC(C)=O)CC[C@@H]2[C@@H]3C[C@@H](O)C4=CC(=O)CC[C@H]4[C@H]3CC[C@@]21C. The van der Waals surface area contributed by atoms with Crippen LogP contribution in [0.4, 0.5) is 0 Å². The van der Waals surface area contributed by atoms with Crippen molar-refractivity contribution in [2.24, 2.45) is 29.1 Å². The minimum absolute atomic E-state index is 0.150. The molecule has 0 unspecified atom stereocenters. The van der Waals surface area contributed by atoms with Gasteiger partial charge >= 0.3 is 5.97 Å². The van der Waals surface area contributed by atoms with Crippen molar-refractivity contribution in [1.29, 1.82) is 0 Å². The molecule has 0 aromatic heterocycles. The molecule has 140 valence electrons. The van der Waals surface area contributed by atoms with E-state index in [1.807, 2.05) is 0 Å². The summed E-state index contributed by atoms with van der Waals surface area (Å²) in [7, 11) is 0. The molecular weight excluding hydrogens is 328 g/mol. The van der Waals surface area contributed by atoms with Gasteiger partial charge in [0.1, 0.15) is 0 Å². The van der Waals surface area contributed by atoms with Gasteiger partial charge in [-0.3, -0.25) is 9.59 Å². The number of carbonyl (C=O) groups is 2. The van der Waals surface area contributed by atoms with E-state index in [0.717, 1.165) is 31.3 Å². The monoisotopic (exact) mass is 356 g/mol. The molecule has 7 atom stereocenters. The molecule has 0 aliphatic heterocycles. The second kappa shape index (κ2) is 5.96. The molecule has 0 aromatic carbocycles. The summed E-state index contributed by atoms with van der Waals surface area (Å²) in [6, 6.07) is 0. The molecule has 0 aromatic rings. The summed E-state index contributed by atoms with van der Waals surface area (Å²) in [6.45, 7) is 3.62. The number of carbonyl (C=O) groups excluding carboxylic acids is 2. The lowest BCUT2D eigenvalue weighted by atomic mass is 9.50. The van der Waals surface area contributed by atoms with E-state index in [2.05, 4.69) is 12.8 Å². The van der Waals surface area contributed by atoms with Crippen LogP contribution in [0.3, 0.4) is 0 Å². The van der Waals surface area contributed by atoms with Crippen molar-refractivity contribution >= 4 is 11.8 Å². The van der Waals surface area contributed by atoms with Crippen molar-refractivity contribution in [3.8, 4) is 12.3 Å². The fourth-order valence-electron chi connectivity index (χ4n) is 6.86. The normalized spacial score (nSPS) is 47.1. The van der Waals surface area contributed by atoms with Gasteiger partial charge in [0.2, 0.25) is 0 Å². The van der Waals surface area contributed by atoms with Gasteiger partial charge in [-0.25, -0.2) is 0 Å². The van der Waals surface area contributed by atoms with Gasteiger partial charge < -0.3 is 9.84 Å². The number of esters is 1. The predicted octanol–water partition coefficient (Wildman–Crippen LogP) is 3.03. The molecule has 0 radical (unpaired) electrons. The highest BCUT2D eigenvalue weighted by molar-refractivity contribution is 5.91. The first kappa shape index (κ1) is 17.8. The molecule has 4 aliphatic rings. The highest BCUT2D eigenvalue weighted by Crippen LogP contribution is 2.65. The van der Waals surface area contributed by atoms with E-state index in [9.17, 15) is 14.7 Å². The molecule has 3 fully saturated rings. The van der Waals surface area contributed by atoms with E-state index in [1.165, 1.54) is 6.92 Å². The molecule has 0 heterocycles. The van der Waals surface area contributed by atoms with Crippen molar-refractivity contribution < 1.29 is 19.4 Å². The zero-order valence-electron chi connectivity index (χ0n) is 15.7. The number of hydrogen-bond acceptors (Lipinski definition) is 4. The Morgan fingerprint density at radius 2 is 2.08 bits per heavy atom. The topological polar surface area (TPSA) is 63.6 Å². The van der Waals surface area contributed by atoms with Gasteiger partial charge in [-0.1, -0.05) is 12.8 Å². The Morgan fingerprint density at radius 1 is 1.31 bits per heavy atom. The molecular formula is C22H28O4. The molecule has 0 amide bonds. The maximum atomic E-state index is 11.8. The highest BCUT2D eigenvalue weighted by Gasteiger charge is 2.64. The van der Waals surface area contributed by atoms with E-state index in [1.54, 1.807) is 6.08 Å². The van der Waals surface area contributed by atoms with Crippen LogP contribution in [0.15, 0.2) is 11.6 Å². The third kappa shape index (κ3) is 2.33. The quantitative estimate of drug-likeness (QED) is 0.579. The van der Waals surface area contributed by atoms with Gasteiger partial charge in [0, 0.05) is 18.8 Å². The molecule has 4 aliphatic carbocycles. The Morgan fingerprint density at radius 3 is 2.77 bits per heavy atom. The lowest BCUT2D eigenvalue weighted by Gasteiger charge is -2.56. The van der Waals surface area contributed by atoms with Crippen LogP contribution >= 0.6 is 0 Å². The van der Waals surface area contributed by atoms with Gasteiger partial charge in [-0.15, -0.1) is 6.42 Å². The minimum atomic E-state index is -0.821. The second-order valence-electron chi connectivity index (χ2n) is 9.00. The Bertz CT molecular complexity index is 716. The minimum Gasteiger partial charge on any atom is -0.445 e. The standard InChI is InChI=1S/C22H28O4/c1-4-22(26-13(2)23)10-8-19-17-12-20(25)18-11-14(24)5-6-15(18)16(17)7-9-21(19,22)3/h1,11,15-17,19-20,25H,5-10,12H2,2-3H3/t15-,16+,17+,19+,20+,21-,22-/m0/s1. The number of rotatable bonds is 1. The van der Waals surface area contributed by atoms with E-state index in [4.69, 9.17) is 11.2 Å². The predicted molar refractivity (Wildman–Crippen MR) is 96.8 cm³/mol. The Balaban J connectivity index is 1.68. The first-order chi connectivity index (χ1) is 12.3. The molecule has 0 bridgehead atoms. The van der Waals surface area contributed by atoms with Gasteiger partial charge in [-0.2, -0.15) is 0 Å². The summed E-state index contributed by atoms with van der Waals surface area (Å²) in [6.07, 6.45) is 12.8. The third-order valence-corrected chi connectivity index (χ3v) is 8.02. The highest BCUT2D eigenvalue weighted by atomic mass is 16.6. The number of ketones is 1. The van der Waals surface area contributed by atoms with Crippen LogP contribution < -0.4 is 0 Å². The van der Waals surface area contributed by atoms with E-state index >= 15 is 0 Å². The molecule has 0 saturated heterocycles. The van der Waals surface area contributed by atoms with Gasteiger partial charge in [-0.05, 0) is 73.8 Å². The lowest BCUT2D eigenvalue weighted by molar-refractivity contribution is -0.168. The molecule has 0 spiro atoms. The van der Waals surface area contributed by atoms with Crippen LogP contribution in [0, 0.1) is 41.4 Å². The van der Waals surface area contributed by atoms with Crippen molar-refractivity contribution in [1.82, 2.24) is 0 Å². The van der Waals surface area contributed by atoms with Crippen LogP contribution in [-0.2, 0) is 14.3 Å². The molecule has 1 N–H and O–H groups in total. The lowest BCUT2D eigenvalue weighted by Crippen LogP contribution is -2.55. The number of aliphatic hydroxyl groups excluding tert-OH is 1. The van der Waals surface area contributed by atoms with Crippen molar-refractivity contribution in [3.05, 3.63) is 11.6 Å². The Hall–Kier alpha value is -1.60. The number of hydrogen-bond donors (Lipinski definition) is 1. The number of ether oxygens (including phenoxy) is 1. The smallest absolute Gasteiger partial charge is 0.304 e. The first-order valence-electron chi connectivity index (χ1n) is 9.91. The van der Waals surface area contributed by atoms with Gasteiger partial charge in [0.05, 0.1) is 6.10 Å². The third-order valence-electron chi connectivity index (χ3n) is 8.02. The zero-order valence-corrected chi connectivity index (χ0v) is 15.7. The van der Waals surface area contributed by atoms with Crippen LogP contribution in [0.2, 0.25) is 0 Å². The summed E-state index contributed by atoms with van der Waals surface area (Å²) in [5.74, 6) is 4.25. The molecule has 4 nitrogen and oxygen atoms in total. The van der Waals surface area contributed by atoms with Crippen LogP contribution in [0.1, 0.15) is 58.8 Å². The molecule has 3 saturated carbocycles. The maximum absolute atomic E-state index is 11.8. The first-order valence-corrected chi connectivity index (χ1v) is 9.91. The Labute approximate surface area is 155 Å². The van der Waals surface area contributed by atoms with E-state index < -0.39 is 11.7 Å².